The molecule has 0 aliphatic rings. The van der Waals surface area contributed by atoms with E-state index in [-0.39, 0.29) is 5.84 Å². The van der Waals surface area contributed by atoms with Gasteiger partial charge >= 0.3 is 0 Å². The Morgan fingerprint density at radius 3 is 2.65 bits per heavy atom. The van der Waals surface area contributed by atoms with Crippen LogP contribution in [0.25, 0.3) is 0 Å². The number of nitrogens with one attached hydrogen (secondary N) is 1. The lowest BCUT2D eigenvalue weighted by Gasteiger charge is -2.11. The molecule has 0 atom stereocenters. The summed E-state index contributed by atoms with van der Waals surface area (Å²) in [5.41, 5.74) is 7.10. The van der Waals surface area contributed by atoms with Crippen molar-refractivity contribution in [2.24, 2.45) is 11.7 Å². The van der Waals surface area contributed by atoms with Crippen molar-refractivity contribution in [2.45, 2.75) is 20.5 Å². The van der Waals surface area contributed by atoms with Gasteiger partial charge in [0.05, 0.1) is 19.3 Å². The van der Waals surface area contributed by atoms with Crippen LogP contribution in [0.1, 0.15) is 25.0 Å². The molecule has 1 aromatic carbocycles. The van der Waals surface area contributed by atoms with Crippen LogP contribution in [-0.2, 0) is 11.3 Å². The Balaban J connectivity index is 2.74. The fraction of sp³-hybridized carbons (Fsp3) is 0.462. The van der Waals surface area contributed by atoms with Gasteiger partial charge in [0.1, 0.15) is 11.6 Å². The Hall–Kier alpha value is -1.55. The lowest BCUT2D eigenvalue weighted by atomic mass is 10.1. The summed E-state index contributed by atoms with van der Waals surface area (Å²) >= 11 is 0. The number of nitrogens with two attached hydrogens (primary N) is 1. The molecule has 0 saturated carbocycles. The second-order valence-electron chi connectivity index (χ2n) is 4.36. The van der Waals surface area contributed by atoms with Gasteiger partial charge in [-0.05, 0) is 23.6 Å². The average Bonchev–Trinajstić information content (AvgIpc) is 2.28. The Labute approximate surface area is 102 Å². The fourth-order valence-electron chi connectivity index (χ4n) is 1.47. The first-order valence-corrected chi connectivity index (χ1v) is 5.63. The van der Waals surface area contributed by atoms with Crippen molar-refractivity contribution in [3.05, 3.63) is 29.3 Å². The van der Waals surface area contributed by atoms with E-state index >= 15 is 0 Å². The Morgan fingerprint density at radius 1 is 1.41 bits per heavy atom. The highest BCUT2D eigenvalue weighted by Gasteiger charge is 2.07. The molecule has 0 aliphatic carbocycles. The zero-order valence-corrected chi connectivity index (χ0v) is 10.6. The van der Waals surface area contributed by atoms with Crippen LogP contribution in [0.5, 0.6) is 5.75 Å². The van der Waals surface area contributed by atoms with Crippen LogP contribution in [0.3, 0.4) is 0 Å². The van der Waals surface area contributed by atoms with Crippen LogP contribution in [0.4, 0.5) is 0 Å². The molecule has 0 heterocycles. The molecule has 0 aromatic heterocycles. The highest BCUT2D eigenvalue weighted by Crippen LogP contribution is 2.19. The molecular formula is C13H20N2O2. The SMILES string of the molecule is COc1ccc(COCC(C)C)cc1C(=N)N. The monoisotopic (exact) mass is 236 g/mol. The first kappa shape index (κ1) is 13.5. The first-order valence-electron chi connectivity index (χ1n) is 5.63. The summed E-state index contributed by atoms with van der Waals surface area (Å²) in [6, 6.07) is 5.57. The number of nitrogen functional groups attached to an aromatic ring is 1. The summed E-state index contributed by atoms with van der Waals surface area (Å²) < 4.78 is 10.7. The molecule has 94 valence electrons. The standard InChI is InChI=1S/C13H20N2O2/c1-9(2)7-17-8-10-4-5-12(16-3)11(6-10)13(14)15/h4-6,9H,7-8H2,1-3H3,(H3,14,15). The summed E-state index contributed by atoms with van der Waals surface area (Å²) in [6.07, 6.45) is 0. The van der Waals surface area contributed by atoms with E-state index in [1.807, 2.05) is 18.2 Å². The van der Waals surface area contributed by atoms with Gasteiger partial charge in [0.25, 0.3) is 0 Å². The molecule has 4 heteroatoms. The van der Waals surface area contributed by atoms with Crippen molar-refractivity contribution in [3.8, 4) is 5.75 Å². The summed E-state index contributed by atoms with van der Waals surface area (Å²) in [5, 5.41) is 7.48. The van der Waals surface area contributed by atoms with Crippen LogP contribution in [0.2, 0.25) is 0 Å². The van der Waals surface area contributed by atoms with Crippen molar-refractivity contribution < 1.29 is 9.47 Å². The molecule has 0 saturated heterocycles. The maximum atomic E-state index is 7.48. The van der Waals surface area contributed by atoms with Crippen molar-refractivity contribution in [2.75, 3.05) is 13.7 Å². The fourth-order valence-corrected chi connectivity index (χ4v) is 1.47. The largest absolute Gasteiger partial charge is 0.496 e. The van der Waals surface area contributed by atoms with Crippen LogP contribution in [-0.4, -0.2) is 19.6 Å². The molecule has 0 radical (unpaired) electrons. The lowest BCUT2D eigenvalue weighted by molar-refractivity contribution is 0.0970. The van der Waals surface area contributed by atoms with E-state index in [9.17, 15) is 0 Å². The third-order valence-corrected chi connectivity index (χ3v) is 2.27. The summed E-state index contributed by atoms with van der Waals surface area (Å²) in [6.45, 7) is 5.47. The van der Waals surface area contributed by atoms with Gasteiger partial charge in [0, 0.05) is 6.61 Å². The number of rotatable bonds is 6. The van der Waals surface area contributed by atoms with Gasteiger partial charge in [0.2, 0.25) is 0 Å². The molecule has 1 aromatic rings. The number of benzene rings is 1. The molecule has 0 bridgehead atoms. The number of hydrogen-bond donors (Lipinski definition) is 2. The van der Waals surface area contributed by atoms with E-state index in [1.165, 1.54) is 0 Å². The number of hydrogen-bond acceptors (Lipinski definition) is 3. The van der Waals surface area contributed by atoms with E-state index in [2.05, 4.69) is 13.8 Å². The maximum absolute atomic E-state index is 7.48. The van der Waals surface area contributed by atoms with Gasteiger partial charge in [-0.1, -0.05) is 19.9 Å². The van der Waals surface area contributed by atoms with E-state index in [1.54, 1.807) is 7.11 Å². The molecule has 0 aliphatic heterocycles. The number of methoxy groups -OCH3 is 1. The highest BCUT2D eigenvalue weighted by atomic mass is 16.5. The topological polar surface area (TPSA) is 68.3 Å². The quantitative estimate of drug-likeness (QED) is 0.587. The minimum Gasteiger partial charge on any atom is -0.496 e. The molecule has 0 spiro atoms. The average molecular weight is 236 g/mol. The molecule has 0 fully saturated rings. The van der Waals surface area contributed by atoms with Crippen LogP contribution < -0.4 is 10.5 Å². The predicted octanol–water partition coefficient (Wildman–Crippen LogP) is 2.15. The van der Waals surface area contributed by atoms with Crippen LogP contribution in [0.15, 0.2) is 18.2 Å². The molecule has 17 heavy (non-hydrogen) atoms. The minimum atomic E-state index is 0.00700. The normalized spacial score (nSPS) is 10.6. The van der Waals surface area contributed by atoms with Crippen LogP contribution in [0, 0.1) is 11.3 Å². The van der Waals surface area contributed by atoms with E-state index in [4.69, 9.17) is 20.6 Å². The second-order valence-corrected chi connectivity index (χ2v) is 4.36. The van der Waals surface area contributed by atoms with Gasteiger partial charge in [-0.15, -0.1) is 0 Å². The van der Waals surface area contributed by atoms with Gasteiger partial charge in [-0.25, -0.2) is 0 Å². The molecular weight excluding hydrogens is 216 g/mol. The third-order valence-electron chi connectivity index (χ3n) is 2.27. The maximum Gasteiger partial charge on any atom is 0.129 e. The molecule has 3 N–H and O–H groups in total. The van der Waals surface area contributed by atoms with Crippen molar-refractivity contribution in [1.29, 1.82) is 5.41 Å². The molecule has 4 nitrogen and oxygen atoms in total. The minimum absolute atomic E-state index is 0.00700. The summed E-state index contributed by atoms with van der Waals surface area (Å²) in [7, 11) is 1.57. The smallest absolute Gasteiger partial charge is 0.129 e. The van der Waals surface area contributed by atoms with Gasteiger partial charge in [-0.2, -0.15) is 0 Å². The molecule has 0 unspecified atom stereocenters. The van der Waals surface area contributed by atoms with Gasteiger partial charge in [0.15, 0.2) is 0 Å². The van der Waals surface area contributed by atoms with Crippen LogP contribution >= 0.6 is 0 Å². The van der Waals surface area contributed by atoms with Crippen molar-refractivity contribution >= 4 is 5.84 Å². The zero-order chi connectivity index (χ0) is 12.8. The van der Waals surface area contributed by atoms with E-state index < -0.39 is 0 Å². The van der Waals surface area contributed by atoms with Gasteiger partial charge in [-0.3, -0.25) is 5.41 Å². The molecule has 0 amide bonds. The predicted molar refractivity (Wildman–Crippen MR) is 68.5 cm³/mol. The second kappa shape index (κ2) is 6.25. The Kier molecular flexibility index (Phi) is 4.97. The summed E-state index contributed by atoms with van der Waals surface area (Å²) in [4.78, 5) is 0. The zero-order valence-electron chi connectivity index (χ0n) is 10.6. The van der Waals surface area contributed by atoms with Crippen molar-refractivity contribution in [1.82, 2.24) is 0 Å². The van der Waals surface area contributed by atoms with Gasteiger partial charge < -0.3 is 15.2 Å². The number of ether oxygens (including phenoxy) is 2. The van der Waals surface area contributed by atoms with E-state index in [0.29, 0.717) is 23.8 Å². The number of amidine groups is 1. The molecule has 1 rings (SSSR count). The van der Waals surface area contributed by atoms with E-state index in [0.717, 1.165) is 12.2 Å². The van der Waals surface area contributed by atoms with Crippen molar-refractivity contribution in [3.63, 3.8) is 0 Å². The Morgan fingerprint density at radius 2 is 2.12 bits per heavy atom. The summed E-state index contributed by atoms with van der Waals surface area (Å²) in [5.74, 6) is 1.14. The third kappa shape index (κ3) is 4.07. The Bertz CT molecular complexity index is 389. The highest BCUT2D eigenvalue weighted by molar-refractivity contribution is 5.97. The lowest BCUT2D eigenvalue weighted by Crippen LogP contribution is -2.13. The first-order chi connectivity index (χ1) is 8.04.